The van der Waals surface area contributed by atoms with Gasteiger partial charge in [0.1, 0.15) is 17.0 Å². The van der Waals surface area contributed by atoms with E-state index >= 15 is 0 Å². The first-order chi connectivity index (χ1) is 7.83. The highest BCUT2D eigenvalue weighted by Gasteiger charge is 2.07. The van der Waals surface area contributed by atoms with Crippen LogP contribution in [0.2, 0.25) is 0 Å². The van der Waals surface area contributed by atoms with E-state index < -0.39 is 0 Å². The summed E-state index contributed by atoms with van der Waals surface area (Å²) >= 11 is 1.60. The monoisotopic (exact) mass is 235 g/mol. The van der Waals surface area contributed by atoms with Gasteiger partial charge in [0, 0.05) is 11.4 Å². The predicted molar refractivity (Wildman–Crippen MR) is 63.7 cm³/mol. The highest BCUT2D eigenvalue weighted by atomic mass is 32.1. The summed E-state index contributed by atoms with van der Waals surface area (Å²) in [6, 6.07) is 1.80. The molecule has 16 heavy (non-hydrogen) atoms. The first kappa shape index (κ1) is 11.0. The molecule has 0 unspecified atom stereocenters. The lowest BCUT2D eigenvalue weighted by atomic mass is 10.3. The molecule has 0 aliphatic carbocycles. The maximum Gasteiger partial charge on any atom is 0.216 e. The van der Waals surface area contributed by atoms with Gasteiger partial charge in [-0.2, -0.15) is 0 Å². The van der Waals surface area contributed by atoms with E-state index in [0.717, 1.165) is 29.2 Å². The van der Waals surface area contributed by atoms with E-state index in [4.69, 9.17) is 4.74 Å². The fraction of sp³-hybridized carbons (Fsp3) is 0.364. The van der Waals surface area contributed by atoms with Crippen LogP contribution in [0.4, 0.5) is 0 Å². The van der Waals surface area contributed by atoms with E-state index in [2.05, 4.69) is 27.3 Å². The minimum atomic E-state index is 0.567. The molecule has 0 aliphatic heterocycles. The molecular weight excluding hydrogens is 222 g/mol. The van der Waals surface area contributed by atoms with Gasteiger partial charge in [-0.25, -0.2) is 15.0 Å². The summed E-state index contributed by atoms with van der Waals surface area (Å²) < 4.78 is 5.06. The van der Waals surface area contributed by atoms with Crippen LogP contribution in [0.1, 0.15) is 19.0 Å². The molecule has 0 fully saturated rings. The summed E-state index contributed by atoms with van der Waals surface area (Å²) in [5.74, 6) is 0.567. The first-order valence-corrected chi connectivity index (χ1v) is 6.02. The van der Waals surface area contributed by atoms with Crippen molar-refractivity contribution >= 4 is 11.3 Å². The molecule has 2 heterocycles. The molecule has 0 aromatic carbocycles. The number of nitrogens with zero attached hydrogens (tertiary/aromatic N) is 3. The molecular formula is C11H13N3OS. The SMILES string of the molecule is CCCc1csc(-c2cc(OC)ncn2)n1. The Balaban J connectivity index is 2.27. The highest BCUT2D eigenvalue weighted by molar-refractivity contribution is 7.13. The maximum absolute atomic E-state index is 5.06. The molecule has 0 amide bonds. The Hall–Kier alpha value is -1.49. The summed E-state index contributed by atoms with van der Waals surface area (Å²) in [6.45, 7) is 2.15. The van der Waals surface area contributed by atoms with E-state index in [-0.39, 0.29) is 0 Å². The van der Waals surface area contributed by atoms with Crippen LogP contribution >= 0.6 is 11.3 Å². The number of aromatic nitrogens is 3. The molecule has 0 N–H and O–H groups in total. The number of hydrogen-bond donors (Lipinski definition) is 0. The molecule has 0 atom stereocenters. The summed E-state index contributed by atoms with van der Waals surface area (Å²) in [6.07, 6.45) is 3.62. The highest BCUT2D eigenvalue weighted by Crippen LogP contribution is 2.23. The van der Waals surface area contributed by atoms with E-state index in [0.29, 0.717) is 5.88 Å². The van der Waals surface area contributed by atoms with Crippen LogP contribution in [0.25, 0.3) is 10.7 Å². The van der Waals surface area contributed by atoms with Gasteiger partial charge in [-0.3, -0.25) is 0 Å². The molecule has 2 aromatic rings. The van der Waals surface area contributed by atoms with E-state index in [1.54, 1.807) is 24.5 Å². The fourth-order valence-corrected chi connectivity index (χ4v) is 2.18. The molecule has 84 valence electrons. The Kier molecular flexibility index (Phi) is 3.46. The minimum Gasteiger partial charge on any atom is -0.481 e. The topological polar surface area (TPSA) is 47.9 Å². The third-order valence-electron chi connectivity index (χ3n) is 2.13. The second-order valence-corrected chi connectivity index (χ2v) is 4.20. The van der Waals surface area contributed by atoms with Crippen molar-refractivity contribution in [3.05, 3.63) is 23.5 Å². The number of thiazole rings is 1. The lowest BCUT2D eigenvalue weighted by Crippen LogP contribution is -1.91. The molecule has 0 saturated carbocycles. The Bertz CT molecular complexity index is 470. The zero-order valence-corrected chi connectivity index (χ0v) is 10.1. The summed E-state index contributed by atoms with van der Waals surface area (Å²) in [5.41, 5.74) is 1.94. The van der Waals surface area contributed by atoms with Crippen molar-refractivity contribution in [1.29, 1.82) is 0 Å². The van der Waals surface area contributed by atoms with Crippen LogP contribution in [-0.4, -0.2) is 22.1 Å². The van der Waals surface area contributed by atoms with E-state index in [1.165, 1.54) is 6.33 Å². The molecule has 0 bridgehead atoms. The smallest absolute Gasteiger partial charge is 0.216 e. The first-order valence-electron chi connectivity index (χ1n) is 5.14. The third kappa shape index (κ3) is 2.36. The van der Waals surface area contributed by atoms with Gasteiger partial charge in [-0.1, -0.05) is 13.3 Å². The van der Waals surface area contributed by atoms with E-state index in [9.17, 15) is 0 Å². The van der Waals surface area contributed by atoms with Crippen molar-refractivity contribution in [1.82, 2.24) is 15.0 Å². The van der Waals surface area contributed by atoms with Gasteiger partial charge >= 0.3 is 0 Å². The number of ether oxygens (including phenoxy) is 1. The number of methoxy groups -OCH3 is 1. The minimum absolute atomic E-state index is 0.567. The van der Waals surface area contributed by atoms with Crippen molar-refractivity contribution < 1.29 is 4.74 Å². The van der Waals surface area contributed by atoms with Gasteiger partial charge in [0.2, 0.25) is 5.88 Å². The van der Waals surface area contributed by atoms with Crippen LogP contribution < -0.4 is 4.74 Å². The Morgan fingerprint density at radius 2 is 2.25 bits per heavy atom. The third-order valence-corrected chi connectivity index (χ3v) is 3.04. The second-order valence-electron chi connectivity index (χ2n) is 3.34. The maximum atomic E-state index is 5.06. The van der Waals surface area contributed by atoms with Crippen LogP contribution in [0.15, 0.2) is 17.8 Å². The standard InChI is InChI=1S/C11H13N3OS/c1-3-4-8-6-16-11(14-8)9-5-10(15-2)13-7-12-9/h5-7H,3-4H2,1-2H3. The van der Waals surface area contributed by atoms with Gasteiger partial charge in [-0.15, -0.1) is 11.3 Å². The number of aryl methyl sites for hydroxylation is 1. The molecule has 2 rings (SSSR count). The summed E-state index contributed by atoms with van der Waals surface area (Å²) in [7, 11) is 1.59. The lowest BCUT2D eigenvalue weighted by Gasteiger charge is -1.99. The van der Waals surface area contributed by atoms with Gasteiger partial charge in [0.25, 0.3) is 0 Å². The molecule has 0 aliphatic rings. The predicted octanol–water partition coefficient (Wildman–Crippen LogP) is 2.56. The fourth-order valence-electron chi connectivity index (χ4n) is 1.36. The van der Waals surface area contributed by atoms with Crippen LogP contribution in [0.5, 0.6) is 5.88 Å². The molecule has 2 aromatic heterocycles. The quantitative estimate of drug-likeness (QED) is 0.817. The number of hydrogen-bond acceptors (Lipinski definition) is 5. The zero-order valence-electron chi connectivity index (χ0n) is 9.30. The Labute approximate surface area is 98.4 Å². The van der Waals surface area contributed by atoms with Crippen molar-refractivity contribution in [3.8, 4) is 16.6 Å². The number of rotatable bonds is 4. The zero-order chi connectivity index (χ0) is 11.4. The molecule has 5 heteroatoms. The average molecular weight is 235 g/mol. The van der Waals surface area contributed by atoms with Crippen molar-refractivity contribution in [2.75, 3.05) is 7.11 Å². The molecule has 4 nitrogen and oxygen atoms in total. The van der Waals surface area contributed by atoms with Gasteiger partial charge in [-0.05, 0) is 6.42 Å². The molecule has 0 saturated heterocycles. The van der Waals surface area contributed by atoms with Crippen LogP contribution in [-0.2, 0) is 6.42 Å². The van der Waals surface area contributed by atoms with E-state index in [1.807, 2.05) is 0 Å². The van der Waals surface area contributed by atoms with Gasteiger partial charge < -0.3 is 4.74 Å². The average Bonchev–Trinajstić information content (AvgIpc) is 2.78. The summed E-state index contributed by atoms with van der Waals surface area (Å²) in [4.78, 5) is 12.7. The van der Waals surface area contributed by atoms with Crippen molar-refractivity contribution in [3.63, 3.8) is 0 Å². The van der Waals surface area contributed by atoms with Crippen molar-refractivity contribution in [2.45, 2.75) is 19.8 Å². The normalized spacial score (nSPS) is 10.4. The van der Waals surface area contributed by atoms with Crippen LogP contribution in [0.3, 0.4) is 0 Å². The summed E-state index contributed by atoms with van der Waals surface area (Å²) in [5, 5.41) is 3.00. The Morgan fingerprint density at radius 3 is 3.00 bits per heavy atom. The van der Waals surface area contributed by atoms with Gasteiger partial charge in [0.15, 0.2) is 0 Å². The largest absolute Gasteiger partial charge is 0.481 e. The van der Waals surface area contributed by atoms with Crippen molar-refractivity contribution in [2.24, 2.45) is 0 Å². The van der Waals surface area contributed by atoms with Crippen LogP contribution in [0, 0.1) is 0 Å². The Morgan fingerprint density at radius 1 is 1.38 bits per heavy atom. The lowest BCUT2D eigenvalue weighted by molar-refractivity contribution is 0.397. The second kappa shape index (κ2) is 5.03. The van der Waals surface area contributed by atoms with Gasteiger partial charge in [0.05, 0.1) is 12.8 Å². The molecule has 0 spiro atoms. The molecule has 0 radical (unpaired) electrons.